The molecular weight excluding hydrogens is 296 g/mol. The van der Waals surface area contributed by atoms with Crippen molar-refractivity contribution in [1.29, 1.82) is 0 Å². The van der Waals surface area contributed by atoms with E-state index < -0.39 is 5.97 Å². The zero-order chi connectivity index (χ0) is 16.7. The maximum Gasteiger partial charge on any atom is 0.319 e. The van der Waals surface area contributed by atoms with Gasteiger partial charge in [0.05, 0.1) is 13.5 Å². The molecule has 0 radical (unpaired) electrons. The highest BCUT2D eigenvalue weighted by atomic mass is 16.5. The van der Waals surface area contributed by atoms with Gasteiger partial charge in [-0.2, -0.15) is 0 Å². The van der Waals surface area contributed by atoms with Crippen LogP contribution in [0.5, 0.6) is 5.75 Å². The van der Waals surface area contributed by atoms with Crippen LogP contribution in [0.3, 0.4) is 0 Å². The van der Waals surface area contributed by atoms with Gasteiger partial charge in [-0.15, -0.1) is 0 Å². The molecule has 0 aliphatic heterocycles. The first-order valence-electron chi connectivity index (χ1n) is 7.05. The third kappa shape index (κ3) is 5.35. The number of benzene rings is 2. The van der Waals surface area contributed by atoms with Crippen molar-refractivity contribution < 1.29 is 19.4 Å². The summed E-state index contributed by atoms with van der Waals surface area (Å²) in [5.41, 5.74) is 2.21. The van der Waals surface area contributed by atoms with Crippen molar-refractivity contribution in [2.45, 2.75) is 13.0 Å². The predicted molar refractivity (Wildman–Crippen MR) is 86.6 cm³/mol. The second-order valence-electron chi connectivity index (χ2n) is 4.93. The van der Waals surface area contributed by atoms with Crippen LogP contribution in [-0.2, 0) is 17.8 Å². The van der Waals surface area contributed by atoms with Gasteiger partial charge in [-0.3, -0.25) is 4.79 Å². The molecule has 0 aromatic heterocycles. The highest BCUT2D eigenvalue weighted by Gasteiger charge is 2.04. The molecular formula is C17H18N2O4. The number of nitrogens with one attached hydrogen (secondary N) is 2. The smallest absolute Gasteiger partial charge is 0.319 e. The SMILES string of the molecule is COc1cccc(CNC(=O)Nc2ccc(CC(=O)O)cc2)c1. The van der Waals surface area contributed by atoms with Crippen molar-refractivity contribution in [2.24, 2.45) is 0 Å². The molecule has 0 unspecified atom stereocenters. The number of methoxy groups -OCH3 is 1. The first-order chi connectivity index (χ1) is 11.1. The van der Waals surface area contributed by atoms with Crippen LogP contribution in [0.4, 0.5) is 10.5 Å². The molecule has 23 heavy (non-hydrogen) atoms. The van der Waals surface area contributed by atoms with Crippen LogP contribution in [0.1, 0.15) is 11.1 Å². The summed E-state index contributed by atoms with van der Waals surface area (Å²) in [5, 5.41) is 14.1. The molecule has 0 heterocycles. The third-order valence-corrected chi connectivity index (χ3v) is 3.15. The molecule has 2 aromatic rings. The molecule has 0 saturated heterocycles. The van der Waals surface area contributed by atoms with Crippen molar-refractivity contribution >= 4 is 17.7 Å². The van der Waals surface area contributed by atoms with Gasteiger partial charge >= 0.3 is 12.0 Å². The summed E-state index contributed by atoms with van der Waals surface area (Å²) in [4.78, 5) is 22.5. The first-order valence-corrected chi connectivity index (χ1v) is 7.05. The number of ether oxygens (including phenoxy) is 1. The lowest BCUT2D eigenvalue weighted by molar-refractivity contribution is -0.136. The Morgan fingerprint density at radius 1 is 1.09 bits per heavy atom. The molecule has 0 saturated carbocycles. The van der Waals surface area contributed by atoms with Crippen molar-refractivity contribution in [1.82, 2.24) is 5.32 Å². The van der Waals surface area contributed by atoms with Crippen molar-refractivity contribution in [2.75, 3.05) is 12.4 Å². The Hall–Kier alpha value is -3.02. The number of carbonyl (C=O) groups is 2. The molecule has 0 spiro atoms. The van der Waals surface area contributed by atoms with Gasteiger partial charge in [0, 0.05) is 12.2 Å². The van der Waals surface area contributed by atoms with Crippen LogP contribution in [-0.4, -0.2) is 24.2 Å². The van der Waals surface area contributed by atoms with Gasteiger partial charge < -0.3 is 20.5 Å². The quantitative estimate of drug-likeness (QED) is 0.765. The van der Waals surface area contributed by atoms with E-state index in [0.717, 1.165) is 11.3 Å². The van der Waals surface area contributed by atoms with E-state index in [9.17, 15) is 9.59 Å². The average Bonchev–Trinajstić information content (AvgIpc) is 2.54. The Bertz CT molecular complexity index is 683. The number of urea groups is 1. The van der Waals surface area contributed by atoms with Crippen LogP contribution in [0.15, 0.2) is 48.5 Å². The summed E-state index contributed by atoms with van der Waals surface area (Å²) < 4.78 is 5.13. The van der Waals surface area contributed by atoms with Gasteiger partial charge in [0.1, 0.15) is 5.75 Å². The fourth-order valence-corrected chi connectivity index (χ4v) is 2.02. The van der Waals surface area contributed by atoms with Crippen molar-refractivity contribution in [3.8, 4) is 5.75 Å². The van der Waals surface area contributed by atoms with E-state index in [0.29, 0.717) is 17.8 Å². The van der Waals surface area contributed by atoms with E-state index in [1.165, 1.54) is 0 Å². The maximum atomic E-state index is 11.9. The summed E-state index contributed by atoms with van der Waals surface area (Å²) in [5.74, 6) is -0.152. The molecule has 6 heteroatoms. The number of aliphatic carboxylic acids is 1. The Morgan fingerprint density at radius 3 is 2.48 bits per heavy atom. The van der Waals surface area contributed by atoms with Crippen LogP contribution < -0.4 is 15.4 Å². The number of carboxylic acid groups (broad SMARTS) is 1. The fraction of sp³-hybridized carbons (Fsp3) is 0.176. The second-order valence-corrected chi connectivity index (χ2v) is 4.93. The zero-order valence-corrected chi connectivity index (χ0v) is 12.7. The van der Waals surface area contributed by atoms with Crippen LogP contribution in [0, 0.1) is 0 Å². The summed E-state index contributed by atoms with van der Waals surface area (Å²) >= 11 is 0. The lowest BCUT2D eigenvalue weighted by atomic mass is 10.1. The Labute approximate surface area is 134 Å². The monoisotopic (exact) mass is 314 g/mol. The first kappa shape index (κ1) is 16.4. The van der Waals surface area contributed by atoms with E-state index in [-0.39, 0.29) is 12.5 Å². The highest BCUT2D eigenvalue weighted by molar-refractivity contribution is 5.89. The van der Waals surface area contributed by atoms with Crippen molar-refractivity contribution in [3.63, 3.8) is 0 Å². The largest absolute Gasteiger partial charge is 0.497 e. The number of rotatable bonds is 6. The highest BCUT2D eigenvalue weighted by Crippen LogP contribution is 2.13. The molecule has 0 fully saturated rings. The third-order valence-electron chi connectivity index (χ3n) is 3.15. The fourth-order valence-electron chi connectivity index (χ4n) is 2.02. The minimum absolute atomic E-state index is 0.0394. The molecule has 3 N–H and O–H groups in total. The van der Waals surface area contributed by atoms with Crippen LogP contribution >= 0.6 is 0 Å². The van der Waals surface area contributed by atoms with E-state index in [4.69, 9.17) is 9.84 Å². The number of hydrogen-bond acceptors (Lipinski definition) is 3. The van der Waals surface area contributed by atoms with E-state index in [2.05, 4.69) is 10.6 Å². The molecule has 2 aromatic carbocycles. The molecule has 0 aliphatic rings. The molecule has 120 valence electrons. The van der Waals surface area contributed by atoms with Gasteiger partial charge in [0.15, 0.2) is 0 Å². The summed E-state index contributed by atoms with van der Waals surface area (Å²) in [6, 6.07) is 13.8. The number of anilines is 1. The van der Waals surface area contributed by atoms with Crippen molar-refractivity contribution in [3.05, 3.63) is 59.7 Å². The van der Waals surface area contributed by atoms with Crippen LogP contribution in [0.25, 0.3) is 0 Å². The van der Waals surface area contributed by atoms with E-state index >= 15 is 0 Å². The lowest BCUT2D eigenvalue weighted by Gasteiger charge is -2.09. The molecule has 2 rings (SSSR count). The van der Waals surface area contributed by atoms with E-state index in [1.54, 1.807) is 31.4 Å². The Kier molecular flexibility index (Phi) is 5.57. The van der Waals surface area contributed by atoms with Gasteiger partial charge in [0.2, 0.25) is 0 Å². The number of amides is 2. The average molecular weight is 314 g/mol. The van der Waals surface area contributed by atoms with Gasteiger partial charge in [-0.05, 0) is 35.4 Å². The summed E-state index contributed by atoms with van der Waals surface area (Å²) in [6.45, 7) is 0.375. The number of carboxylic acids is 1. The van der Waals surface area contributed by atoms with Gasteiger partial charge in [-0.25, -0.2) is 4.79 Å². The number of carbonyl (C=O) groups excluding carboxylic acids is 1. The zero-order valence-electron chi connectivity index (χ0n) is 12.7. The minimum Gasteiger partial charge on any atom is -0.497 e. The van der Waals surface area contributed by atoms with Crippen LogP contribution in [0.2, 0.25) is 0 Å². The van der Waals surface area contributed by atoms with Gasteiger partial charge in [-0.1, -0.05) is 24.3 Å². The molecule has 0 atom stereocenters. The topological polar surface area (TPSA) is 87.7 Å². The molecule has 0 bridgehead atoms. The molecule has 0 aliphatic carbocycles. The predicted octanol–water partition coefficient (Wildman–Crippen LogP) is 2.64. The van der Waals surface area contributed by atoms with Gasteiger partial charge in [0.25, 0.3) is 0 Å². The maximum absolute atomic E-state index is 11.9. The minimum atomic E-state index is -0.887. The van der Waals surface area contributed by atoms with E-state index in [1.807, 2.05) is 24.3 Å². The number of hydrogen-bond donors (Lipinski definition) is 3. The Morgan fingerprint density at radius 2 is 1.83 bits per heavy atom. The lowest BCUT2D eigenvalue weighted by Crippen LogP contribution is -2.28. The second kappa shape index (κ2) is 7.84. The molecule has 2 amide bonds. The Balaban J connectivity index is 1.85. The summed E-state index contributed by atoms with van der Waals surface area (Å²) in [6.07, 6.45) is -0.0394. The molecule has 6 nitrogen and oxygen atoms in total. The standard InChI is InChI=1S/C17H18N2O4/c1-23-15-4-2-3-13(9-15)11-18-17(22)19-14-7-5-12(6-8-14)10-16(20)21/h2-9H,10-11H2,1H3,(H,20,21)(H2,18,19,22). The summed E-state index contributed by atoms with van der Waals surface area (Å²) in [7, 11) is 1.59. The normalized spacial score (nSPS) is 9.96.